The number of hydrogen-bond acceptors (Lipinski definition) is 4. The third-order valence-corrected chi connectivity index (χ3v) is 4.50. The molecule has 0 saturated heterocycles. The monoisotopic (exact) mass is 316 g/mol. The van der Waals surface area contributed by atoms with E-state index >= 15 is 0 Å². The third kappa shape index (κ3) is 3.01. The van der Waals surface area contributed by atoms with Crippen LogP contribution in [0.5, 0.6) is 0 Å². The fourth-order valence-electron chi connectivity index (χ4n) is 2.01. The standard InChI is InChI=1S/C15H12N2O2S2/c18-14(19)10-21-15-16-8-13(11-4-2-1-3-5-11)17(15)12-6-7-20-9-12/h1-9H,10H2,(H,18,19). The number of thiophene rings is 1. The zero-order valence-corrected chi connectivity index (χ0v) is 12.6. The van der Waals surface area contributed by atoms with Crippen LogP contribution in [0.25, 0.3) is 16.9 Å². The Balaban J connectivity index is 2.07. The second kappa shape index (κ2) is 6.15. The van der Waals surface area contributed by atoms with E-state index in [0.717, 1.165) is 16.9 Å². The van der Waals surface area contributed by atoms with Crippen molar-refractivity contribution >= 4 is 29.1 Å². The molecule has 1 N–H and O–H groups in total. The van der Waals surface area contributed by atoms with Gasteiger partial charge in [0.1, 0.15) is 0 Å². The van der Waals surface area contributed by atoms with E-state index in [-0.39, 0.29) is 5.75 Å². The highest BCUT2D eigenvalue weighted by Gasteiger charge is 2.15. The van der Waals surface area contributed by atoms with Gasteiger partial charge in [0.15, 0.2) is 5.16 Å². The molecule has 0 atom stereocenters. The first-order valence-corrected chi connectivity index (χ1v) is 8.19. The molecule has 6 heteroatoms. The highest BCUT2D eigenvalue weighted by atomic mass is 32.2. The van der Waals surface area contributed by atoms with Gasteiger partial charge in [-0.25, -0.2) is 4.98 Å². The number of hydrogen-bond donors (Lipinski definition) is 1. The largest absolute Gasteiger partial charge is 0.481 e. The van der Waals surface area contributed by atoms with Crippen molar-refractivity contribution in [1.29, 1.82) is 0 Å². The van der Waals surface area contributed by atoms with Crippen LogP contribution in [0.2, 0.25) is 0 Å². The second-order valence-corrected chi connectivity index (χ2v) is 6.01. The smallest absolute Gasteiger partial charge is 0.313 e. The first kappa shape index (κ1) is 13.9. The maximum Gasteiger partial charge on any atom is 0.313 e. The number of rotatable bonds is 5. The van der Waals surface area contributed by atoms with Crippen LogP contribution in [-0.2, 0) is 4.79 Å². The topological polar surface area (TPSA) is 55.1 Å². The summed E-state index contributed by atoms with van der Waals surface area (Å²) in [7, 11) is 0. The van der Waals surface area contributed by atoms with E-state index < -0.39 is 5.97 Å². The van der Waals surface area contributed by atoms with E-state index in [9.17, 15) is 4.79 Å². The Morgan fingerprint density at radius 1 is 1.29 bits per heavy atom. The maximum absolute atomic E-state index is 10.8. The van der Waals surface area contributed by atoms with E-state index in [1.165, 1.54) is 11.8 Å². The van der Waals surface area contributed by atoms with Gasteiger partial charge in [0.05, 0.1) is 23.3 Å². The Labute approximate surface area is 130 Å². The molecular weight excluding hydrogens is 304 g/mol. The Morgan fingerprint density at radius 3 is 2.76 bits per heavy atom. The lowest BCUT2D eigenvalue weighted by Crippen LogP contribution is -2.02. The summed E-state index contributed by atoms with van der Waals surface area (Å²) in [4.78, 5) is 15.2. The molecule has 0 spiro atoms. The molecule has 0 aliphatic rings. The molecule has 0 bridgehead atoms. The molecule has 0 amide bonds. The van der Waals surface area contributed by atoms with Gasteiger partial charge < -0.3 is 5.11 Å². The van der Waals surface area contributed by atoms with Gasteiger partial charge in [0.2, 0.25) is 0 Å². The molecule has 0 aliphatic heterocycles. The normalized spacial score (nSPS) is 10.7. The summed E-state index contributed by atoms with van der Waals surface area (Å²) < 4.78 is 2.00. The van der Waals surface area contributed by atoms with Crippen molar-refractivity contribution in [2.75, 3.05) is 5.75 Å². The summed E-state index contributed by atoms with van der Waals surface area (Å²) in [6.07, 6.45) is 1.79. The summed E-state index contributed by atoms with van der Waals surface area (Å²) in [5.74, 6) is -0.851. The van der Waals surface area contributed by atoms with Crippen LogP contribution >= 0.6 is 23.1 Å². The van der Waals surface area contributed by atoms with Gasteiger partial charge in [0, 0.05) is 10.9 Å². The first-order chi connectivity index (χ1) is 10.3. The molecule has 3 aromatic rings. The molecule has 21 heavy (non-hydrogen) atoms. The van der Waals surface area contributed by atoms with Crippen molar-refractivity contribution in [3.63, 3.8) is 0 Å². The zero-order chi connectivity index (χ0) is 14.7. The van der Waals surface area contributed by atoms with E-state index in [4.69, 9.17) is 5.11 Å². The van der Waals surface area contributed by atoms with Crippen LogP contribution in [0.1, 0.15) is 0 Å². The van der Waals surface area contributed by atoms with E-state index in [0.29, 0.717) is 5.16 Å². The quantitative estimate of drug-likeness (QED) is 0.728. The maximum atomic E-state index is 10.8. The first-order valence-electron chi connectivity index (χ1n) is 6.26. The lowest BCUT2D eigenvalue weighted by molar-refractivity contribution is -0.133. The van der Waals surface area contributed by atoms with E-state index in [1.807, 2.05) is 51.7 Å². The average molecular weight is 316 g/mol. The number of imidazole rings is 1. The predicted octanol–water partition coefficient (Wildman–Crippen LogP) is 3.78. The predicted molar refractivity (Wildman–Crippen MR) is 85.2 cm³/mol. The summed E-state index contributed by atoms with van der Waals surface area (Å²) in [5.41, 5.74) is 3.02. The lowest BCUT2D eigenvalue weighted by Gasteiger charge is -2.09. The summed E-state index contributed by atoms with van der Waals surface area (Å²) >= 11 is 2.83. The van der Waals surface area contributed by atoms with Crippen LogP contribution < -0.4 is 0 Å². The molecule has 0 radical (unpaired) electrons. The highest BCUT2D eigenvalue weighted by molar-refractivity contribution is 7.99. The van der Waals surface area contributed by atoms with Crippen molar-refractivity contribution in [3.05, 3.63) is 53.4 Å². The third-order valence-electron chi connectivity index (χ3n) is 2.89. The number of nitrogens with zero attached hydrogens (tertiary/aromatic N) is 2. The van der Waals surface area contributed by atoms with Gasteiger partial charge in [-0.05, 0) is 11.4 Å². The Bertz CT molecular complexity index is 736. The van der Waals surface area contributed by atoms with Crippen LogP contribution in [-0.4, -0.2) is 26.4 Å². The molecule has 1 aromatic carbocycles. The van der Waals surface area contributed by atoms with Gasteiger partial charge in [-0.3, -0.25) is 9.36 Å². The molecule has 0 fully saturated rings. The number of aromatic nitrogens is 2. The van der Waals surface area contributed by atoms with Crippen molar-refractivity contribution in [2.45, 2.75) is 5.16 Å². The van der Waals surface area contributed by atoms with Crippen LogP contribution in [0.3, 0.4) is 0 Å². The average Bonchev–Trinajstić information content (AvgIpc) is 3.15. The number of carboxylic acids is 1. The van der Waals surface area contributed by atoms with Crippen molar-refractivity contribution in [1.82, 2.24) is 9.55 Å². The zero-order valence-electron chi connectivity index (χ0n) is 11.0. The van der Waals surface area contributed by atoms with Crippen LogP contribution in [0, 0.1) is 0 Å². The minimum atomic E-state index is -0.846. The molecule has 4 nitrogen and oxygen atoms in total. The minimum Gasteiger partial charge on any atom is -0.481 e. The SMILES string of the molecule is O=C(O)CSc1ncc(-c2ccccc2)n1-c1ccsc1. The Hall–Kier alpha value is -2.05. The molecule has 106 valence electrons. The second-order valence-electron chi connectivity index (χ2n) is 4.29. The number of carboxylic acid groups (broad SMARTS) is 1. The highest BCUT2D eigenvalue weighted by Crippen LogP contribution is 2.30. The number of benzene rings is 1. The number of aliphatic carboxylic acids is 1. The van der Waals surface area contributed by atoms with Crippen LogP contribution in [0.15, 0.2) is 58.5 Å². The molecule has 0 unspecified atom stereocenters. The van der Waals surface area contributed by atoms with Gasteiger partial charge in [-0.1, -0.05) is 42.1 Å². The molecular formula is C15H12N2O2S2. The fourth-order valence-corrected chi connectivity index (χ4v) is 3.34. The molecule has 2 heterocycles. The van der Waals surface area contributed by atoms with Gasteiger partial charge in [0.25, 0.3) is 0 Å². The molecule has 0 aliphatic carbocycles. The lowest BCUT2D eigenvalue weighted by atomic mass is 10.2. The van der Waals surface area contributed by atoms with Crippen LogP contribution in [0.4, 0.5) is 0 Å². The van der Waals surface area contributed by atoms with Crippen molar-refractivity contribution in [2.24, 2.45) is 0 Å². The number of thioether (sulfide) groups is 1. The molecule has 0 saturated carbocycles. The minimum absolute atomic E-state index is 0.00458. The van der Waals surface area contributed by atoms with Gasteiger partial charge in [-0.2, -0.15) is 11.3 Å². The number of carbonyl (C=O) groups is 1. The van der Waals surface area contributed by atoms with Gasteiger partial charge >= 0.3 is 5.97 Å². The van der Waals surface area contributed by atoms with E-state index in [2.05, 4.69) is 4.98 Å². The summed E-state index contributed by atoms with van der Waals surface area (Å²) in [5, 5.41) is 13.6. The summed E-state index contributed by atoms with van der Waals surface area (Å²) in [6.45, 7) is 0. The van der Waals surface area contributed by atoms with E-state index in [1.54, 1.807) is 17.5 Å². The van der Waals surface area contributed by atoms with Crippen molar-refractivity contribution < 1.29 is 9.90 Å². The molecule has 3 rings (SSSR count). The summed E-state index contributed by atoms with van der Waals surface area (Å²) in [6, 6.07) is 12.0. The fraction of sp³-hybridized carbons (Fsp3) is 0.0667. The van der Waals surface area contributed by atoms with Crippen molar-refractivity contribution in [3.8, 4) is 16.9 Å². The Kier molecular flexibility index (Phi) is 4.08. The Morgan fingerprint density at radius 2 is 2.10 bits per heavy atom. The molecule has 2 aromatic heterocycles. The van der Waals surface area contributed by atoms with Gasteiger partial charge in [-0.15, -0.1) is 0 Å².